The molecule has 0 saturated carbocycles. The zero-order valence-corrected chi connectivity index (χ0v) is 13.7. The van der Waals surface area contributed by atoms with Gasteiger partial charge in [0.2, 0.25) is 0 Å². The Balaban J connectivity index is 2.45. The zero-order chi connectivity index (χ0) is 18.1. The van der Waals surface area contributed by atoms with Gasteiger partial charge in [0.15, 0.2) is 11.6 Å². The van der Waals surface area contributed by atoms with E-state index in [2.05, 4.69) is 0 Å². The maximum absolute atomic E-state index is 11.8. The maximum atomic E-state index is 11.8. The summed E-state index contributed by atoms with van der Waals surface area (Å²) in [4.78, 5) is 23.6. The Morgan fingerprint density at radius 1 is 0.720 bits per heavy atom. The molecule has 0 aliphatic heterocycles. The smallest absolute Gasteiger partial charge is 0.172 e. The molecular weight excluding hydrogens is 316 g/mol. The Kier molecular flexibility index (Phi) is 6.83. The minimum Gasteiger partial charge on any atom is -0.456 e. The minimum absolute atomic E-state index is 0.133. The molecule has 0 spiro atoms. The lowest BCUT2D eigenvalue weighted by atomic mass is 10.1. The Bertz CT molecular complexity index is 714. The van der Waals surface area contributed by atoms with Crippen LogP contribution in [0.25, 0.3) is 11.5 Å². The van der Waals surface area contributed by atoms with Crippen LogP contribution < -0.4 is 11.5 Å². The van der Waals surface area contributed by atoms with Gasteiger partial charge in [0.05, 0.1) is 13.1 Å². The highest BCUT2D eigenvalue weighted by Crippen LogP contribution is 2.25. The molecule has 2 aromatic carbocycles. The average Bonchev–Trinajstić information content (AvgIpc) is 2.67. The van der Waals surface area contributed by atoms with Crippen molar-refractivity contribution in [3.05, 3.63) is 83.9 Å². The number of rotatable bonds is 8. The number of hydrogen-bond donors (Lipinski definition) is 2. The number of nitrogens with two attached hydrogens (primary N) is 2. The third-order valence-corrected chi connectivity index (χ3v) is 3.32. The highest BCUT2D eigenvalue weighted by atomic mass is 16.5. The minimum atomic E-state index is -0.281. The van der Waals surface area contributed by atoms with Crippen molar-refractivity contribution in [1.29, 1.82) is 0 Å². The van der Waals surface area contributed by atoms with Crippen molar-refractivity contribution < 1.29 is 14.3 Å². The predicted molar refractivity (Wildman–Crippen MR) is 98.0 cm³/mol. The molecular formula is C20H20N2O3. The van der Waals surface area contributed by atoms with E-state index in [9.17, 15) is 9.59 Å². The van der Waals surface area contributed by atoms with Crippen LogP contribution in [0.15, 0.2) is 72.8 Å². The van der Waals surface area contributed by atoms with E-state index in [1.54, 1.807) is 0 Å². The van der Waals surface area contributed by atoms with E-state index < -0.39 is 0 Å². The lowest BCUT2D eigenvalue weighted by Gasteiger charge is -2.14. The van der Waals surface area contributed by atoms with Crippen molar-refractivity contribution in [3.63, 3.8) is 0 Å². The van der Waals surface area contributed by atoms with Crippen molar-refractivity contribution in [2.45, 2.75) is 0 Å². The number of hydrogen-bond acceptors (Lipinski definition) is 5. The molecule has 0 aromatic heterocycles. The normalized spacial score (nSPS) is 11.9. The van der Waals surface area contributed by atoms with Gasteiger partial charge in [-0.1, -0.05) is 60.7 Å². The molecule has 0 fully saturated rings. The number of carbonyl (C=O) groups is 2. The highest BCUT2D eigenvalue weighted by Gasteiger charge is 2.12. The molecule has 2 aromatic rings. The van der Waals surface area contributed by atoms with E-state index in [1.165, 1.54) is 12.2 Å². The van der Waals surface area contributed by atoms with Crippen molar-refractivity contribution in [1.82, 2.24) is 0 Å². The molecule has 5 heteroatoms. The molecule has 0 amide bonds. The van der Waals surface area contributed by atoms with Crippen molar-refractivity contribution in [3.8, 4) is 0 Å². The van der Waals surface area contributed by atoms with Gasteiger partial charge in [0, 0.05) is 23.3 Å². The van der Waals surface area contributed by atoms with Gasteiger partial charge >= 0.3 is 0 Å². The van der Waals surface area contributed by atoms with Gasteiger partial charge in [-0.2, -0.15) is 0 Å². The molecule has 4 N–H and O–H groups in total. The first kappa shape index (κ1) is 18.3. The molecule has 0 aliphatic rings. The first-order chi connectivity index (χ1) is 12.1. The lowest BCUT2D eigenvalue weighted by Crippen LogP contribution is -2.12. The van der Waals surface area contributed by atoms with Gasteiger partial charge in [-0.05, 0) is 0 Å². The Labute approximate surface area is 146 Å². The van der Waals surface area contributed by atoms with Crippen LogP contribution in [0.1, 0.15) is 11.1 Å². The summed E-state index contributed by atoms with van der Waals surface area (Å²) in [6, 6.07) is 18.3. The molecule has 0 bridgehead atoms. The second-order valence-corrected chi connectivity index (χ2v) is 5.19. The van der Waals surface area contributed by atoms with Crippen LogP contribution in [0.5, 0.6) is 0 Å². The Morgan fingerprint density at radius 3 is 1.40 bits per heavy atom. The first-order valence-corrected chi connectivity index (χ1v) is 7.82. The SMILES string of the molecule is NCC(=O)C=C(OC(=CC(=O)CN)c1ccccc1)c1ccccc1. The average molecular weight is 336 g/mol. The molecule has 128 valence electrons. The summed E-state index contributed by atoms with van der Waals surface area (Å²) in [6.45, 7) is -0.266. The summed E-state index contributed by atoms with van der Waals surface area (Å²) in [5.74, 6) is 0.0692. The van der Waals surface area contributed by atoms with Crippen LogP contribution in [0.3, 0.4) is 0 Å². The molecule has 0 atom stereocenters. The third kappa shape index (κ3) is 5.53. The quantitative estimate of drug-likeness (QED) is 0.569. The summed E-state index contributed by atoms with van der Waals surface area (Å²) in [7, 11) is 0. The molecule has 0 radical (unpaired) electrons. The van der Waals surface area contributed by atoms with Crippen LogP contribution in [-0.2, 0) is 14.3 Å². The molecule has 5 nitrogen and oxygen atoms in total. The van der Waals surface area contributed by atoms with Gasteiger partial charge in [0.1, 0.15) is 11.5 Å². The summed E-state index contributed by atoms with van der Waals surface area (Å²) < 4.78 is 5.94. The molecule has 0 saturated heterocycles. The lowest BCUT2D eigenvalue weighted by molar-refractivity contribution is -0.114. The van der Waals surface area contributed by atoms with Crippen LogP contribution in [0.4, 0.5) is 0 Å². The van der Waals surface area contributed by atoms with Crippen molar-refractivity contribution in [2.75, 3.05) is 13.1 Å². The molecule has 2 rings (SSSR count). The van der Waals surface area contributed by atoms with E-state index in [1.807, 2.05) is 60.7 Å². The van der Waals surface area contributed by atoms with Gasteiger partial charge in [-0.25, -0.2) is 0 Å². The monoisotopic (exact) mass is 336 g/mol. The molecule has 25 heavy (non-hydrogen) atoms. The number of ketones is 2. The van der Waals surface area contributed by atoms with E-state index in [0.29, 0.717) is 22.6 Å². The molecule has 0 unspecified atom stereocenters. The fourth-order valence-corrected chi connectivity index (χ4v) is 2.08. The standard InChI is InChI=1S/C20H20N2O3/c21-13-17(23)11-19(15-7-3-1-4-8-15)25-20(12-18(24)14-22)16-9-5-2-6-10-16/h1-12H,13-14,21-22H2. The summed E-state index contributed by atoms with van der Waals surface area (Å²) in [5, 5.41) is 0. The van der Waals surface area contributed by atoms with E-state index >= 15 is 0 Å². The second kappa shape index (κ2) is 9.32. The van der Waals surface area contributed by atoms with Crippen LogP contribution in [0, 0.1) is 0 Å². The van der Waals surface area contributed by atoms with Gasteiger partial charge < -0.3 is 16.2 Å². The largest absolute Gasteiger partial charge is 0.456 e. The second-order valence-electron chi connectivity index (χ2n) is 5.19. The van der Waals surface area contributed by atoms with Gasteiger partial charge in [-0.15, -0.1) is 0 Å². The fourth-order valence-electron chi connectivity index (χ4n) is 2.08. The van der Waals surface area contributed by atoms with Crippen LogP contribution >= 0.6 is 0 Å². The first-order valence-electron chi connectivity index (χ1n) is 7.82. The van der Waals surface area contributed by atoms with Crippen molar-refractivity contribution >= 4 is 23.1 Å². The van der Waals surface area contributed by atoms with Gasteiger partial charge in [-0.3, -0.25) is 9.59 Å². The summed E-state index contributed by atoms with van der Waals surface area (Å²) in [6.07, 6.45) is 2.66. The Morgan fingerprint density at radius 2 is 1.08 bits per heavy atom. The highest BCUT2D eigenvalue weighted by molar-refractivity contribution is 5.99. The maximum Gasteiger partial charge on any atom is 0.172 e. The zero-order valence-electron chi connectivity index (χ0n) is 13.7. The summed E-state index contributed by atoms with van der Waals surface area (Å²) >= 11 is 0. The van der Waals surface area contributed by atoms with Crippen LogP contribution in [-0.4, -0.2) is 24.7 Å². The Hall–Kier alpha value is -3.02. The topological polar surface area (TPSA) is 95.4 Å². The third-order valence-electron chi connectivity index (χ3n) is 3.32. The summed E-state index contributed by atoms with van der Waals surface area (Å²) in [5.41, 5.74) is 12.2. The number of ether oxygens (including phenoxy) is 1. The molecule has 0 heterocycles. The van der Waals surface area contributed by atoms with E-state index in [0.717, 1.165) is 0 Å². The van der Waals surface area contributed by atoms with E-state index in [4.69, 9.17) is 16.2 Å². The predicted octanol–water partition coefficient (Wildman–Crippen LogP) is 2.14. The van der Waals surface area contributed by atoms with Crippen LogP contribution in [0.2, 0.25) is 0 Å². The van der Waals surface area contributed by atoms with Crippen molar-refractivity contribution in [2.24, 2.45) is 11.5 Å². The van der Waals surface area contributed by atoms with E-state index in [-0.39, 0.29) is 24.7 Å². The van der Waals surface area contributed by atoms with Gasteiger partial charge in [0.25, 0.3) is 0 Å². The number of benzene rings is 2. The fraction of sp³-hybridized carbons (Fsp3) is 0.100. The number of carbonyl (C=O) groups excluding carboxylic acids is 2. The molecule has 0 aliphatic carbocycles.